The van der Waals surface area contributed by atoms with E-state index in [0.717, 1.165) is 64.4 Å². The fourth-order valence-corrected chi connectivity index (χ4v) is 7.46. The number of hydrogen-bond donors (Lipinski definition) is 0. The van der Waals surface area contributed by atoms with Crippen LogP contribution >= 0.6 is 0 Å². The van der Waals surface area contributed by atoms with E-state index in [9.17, 15) is 4.79 Å². The topological polar surface area (TPSA) is 109 Å². The zero-order chi connectivity index (χ0) is 31.0. The number of tetrazole rings is 1. The SMILES string of the molecule is C=C/C(=C\n1nnnc1C)c1ccc2cc(-c3nc4cc(C(=O)N5CC6CCC5[C@@H]6C)cc(OC)c4n3C)n(CC3CC3)c2n1. The van der Waals surface area contributed by atoms with Crippen molar-refractivity contribution in [2.75, 3.05) is 13.7 Å². The lowest BCUT2D eigenvalue weighted by Gasteiger charge is -2.27. The molecule has 3 fully saturated rings. The molecule has 0 N–H and O–H groups in total. The monoisotopic (exact) mass is 603 g/mol. The number of fused-ring (bicyclic) bond motifs is 4. The fourth-order valence-electron chi connectivity index (χ4n) is 7.46. The second kappa shape index (κ2) is 10.4. The lowest BCUT2D eigenvalue weighted by molar-refractivity contribution is 0.0696. The molecule has 3 atom stereocenters. The molecule has 2 unspecified atom stereocenters. The summed E-state index contributed by atoms with van der Waals surface area (Å²) in [5, 5.41) is 12.8. The second-order valence-corrected chi connectivity index (χ2v) is 12.9. The van der Waals surface area contributed by atoms with Crippen LogP contribution in [0.2, 0.25) is 0 Å². The van der Waals surface area contributed by atoms with E-state index in [1.165, 1.54) is 19.3 Å². The van der Waals surface area contributed by atoms with Crippen LogP contribution in [0, 0.1) is 24.7 Å². The highest BCUT2D eigenvalue weighted by atomic mass is 16.5. The van der Waals surface area contributed by atoms with Gasteiger partial charge in [0, 0.05) is 48.9 Å². The molecule has 11 heteroatoms. The molecular formula is C34H37N9O2. The second-order valence-electron chi connectivity index (χ2n) is 12.9. The molecule has 3 aliphatic rings. The Bertz CT molecular complexity index is 2030. The van der Waals surface area contributed by atoms with Crippen molar-refractivity contribution in [3.63, 3.8) is 0 Å². The van der Waals surface area contributed by atoms with E-state index in [-0.39, 0.29) is 5.91 Å². The zero-order valence-electron chi connectivity index (χ0n) is 26.1. The number of likely N-dealkylation sites (tertiary alicyclic amines) is 1. The highest BCUT2D eigenvalue weighted by molar-refractivity contribution is 6.00. The standard InChI is InChI=1S/C34H37N9O2/c1-6-22(18-43-20(3)37-38-39-43)26-11-9-23-14-29(41(32(23)35-26)16-21-7-8-21)33-36-27-13-25(15-30(45-5)31(27)40(33)4)34(44)42-17-24-10-12-28(42)19(24)2/h6,9,11,13-15,18-19,21,24,28H,1,7-8,10,12,16-17H2,2-5H3/b22-18+/t19-,24?,28?/m1/s1. The third-order valence-electron chi connectivity index (χ3n) is 10.2. The van der Waals surface area contributed by atoms with Gasteiger partial charge in [-0.15, -0.1) is 5.10 Å². The number of rotatable bonds is 8. The number of benzene rings is 1. The van der Waals surface area contributed by atoms with E-state index < -0.39 is 0 Å². The van der Waals surface area contributed by atoms with Gasteiger partial charge in [-0.2, -0.15) is 0 Å². The molecule has 1 aliphatic heterocycles. The van der Waals surface area contributed by atoms with Crippen LogP contribution in [-0.4, -0.2) is 69.8 Å². The molecule has 2 aliphatic carbocycles. The van der Waals surface area contributed by atoms with E-state index >= 15 is 0 Å². The largest absolute Gasteiger partial charge is 0.494 e. The van der Waals surface area contributed by atoms with Crippen LogP contribution in [0.25, 0.3) is 45.4 Å². The lowest BCUT2D eigenvalue weighted by atomic mass is 10.0. The van der Waals surface area contributed by atoms with Crippen molar-refractivity contribution in [2.24, 2.45) is 24.8 Å². The lowest BCUT2D eigenvalue weighted by Crippen LogP contribution is -2.38. The molecule has 8 rings (SSSR count). The van der Waals surface area contributed by atoms with Gasteiger partial charge in [0.25, 0.3) is 5.91 Å². The van der Waals surface area contributed by atoms with Crippen LogP contribution in [0.5, 0.6) is 5.75 Å². The number of amides is 1. The number of pyridine rings is 1. The molecule has 11 nitrogen and oxygen atoms in total. The number of nitrogens with zero attached hydrogens (tertiary/aromatic N) is 9. The molecule has 1 amide bonds. The van der Waals surface area contributed by atoms with Gasteiger partial charge < -0.3 is 18.8 Å². The summed E-state index contributed by atoms with van der Waals surface area (Å²) in [7, 11) is 3.67. The molecule has 1 aromatic carbocycles. The minimum atomic E-state index is 0.0731. The Labute approximate surface area is 261 Å². The van der Waals surface area contributed by atoms with Crippen molar-refractivity contribution in [1.82, 2.24) is 44.2 Å². The van der Waals surface area contributed by atoms with Gasteiger partial charge in [0.05, 0.1) is 24.0 Å². The molecule has 0 spiro atoms. The van der Waals surface area contributed by atoms with Crippen molar-refractivity contribution in [1.29, 1.82) is 0 Å². The van der Waals surface area contributed by atoms with Gasteiger partial charge in [-0.3, -0.25) is 4.79 Å². The first-order valence-corrected chi connectivity index (χ1v) is 15.8. The predicted molar refractivity (Wildman–Crippen MR) is 172 cm³/mol. The highest BCUT2D eigenvalue weighted by Crippen LogP contribution is 2.44. The molecular weight excluding hydrogens is 566 g/mol. The number of ether oxygens (including phenoxy) is 1. The molecule has 0 radical (unpaired) electrons. The third-order valence-corrected chi connectivity index (χ3v) is 10.2. The third kappa shape index (κ3) is 4.47. The normalized spacial score (nSPS) is 21.4. The molecule has 2 saturated carbocycles. The average molecular weight is 604 g/mol. The number of hydrogen-bond acceptors (Lipinski definition) is 7. The smallest absolute Gasteiger partial charge is 0.254 e. The Morgan fingerprint density at radius 1 is 1.13 bits per heavy atom. The van der Waals surface area contributed by atoms with Crippen LogP contribution in [0.3, 0.4) is 0 Å². The van der Waals surface area contributed by atoms with Gasteiger partial charge in [0.15, 0.2) is 11.6 Å². The number of aromatic nitrogens is 8. The molecule has 1 saturated heterocycles. The van der Waals surface area contributed by atoms with Crippen molar-refractivity contribution in [3.05, 3.63) is 60.1 Å². The summed E-state index contributed by atoms with van der Waals surface area (Å²) in [5.74, 6) is 3.99. The van der Waals surface area contributed by atoms with E-state index in [0.29, 0.717) is 40.9 Å². The Morgan fingerprint density at radius 3 is 2.64 bits per heavy atom. The van der Waals surface area contributed by atoms with E-state index in [2.05, 4.69) is 55.2 Å². The van der Waals surface area contributed by atoms with Crippen LogP contribution in [0.4, 0.5) is 0 Å². The number of piperidine rings is 1. The minimum absolute atomic E-state index is 0.0731. The summed E-state index contributed by atoms with van der Waals surface area (Å²) in [6.07, 6.45) is 8.33. The summed E-state index contributed by atoms with van der Waals surface area (Å²) in [5.41, 5.74) is 5.73. The Kier molecular flexibility index (Phi) is 6.40. The Hall–Kier alpha value is -4.80. The Morgan fingerprint density at radius 2 is 1.98 bits per heavy atom. The van der Waals surface area contributed by atoms with Crippen LogP contribution in [0.15, 0.2) is 43.0 Å². The van der Waals surface area contributed by atoms with Gasteiger partial charge in [0.2, 0.25) is 0 Å². The van der Waals surface area contributed by atoms with Crippen LogP contribution in [-0.2, 0) is 13.6 Å². The maximum atomic E-state index is 13.8. The number of allylic oxidation sites excluding steroid dienone is 2. The van der Waals surface area contributed by atoms with Crippen LogP contribution in [0.1, 0.15) is 54.5 Å². The summed E-state index contributed by atoms with van der Waals surface area (Å²) >= 11 is 0. The summed E-state index contributed by atoms with van der Waals surface area (Å²) < 4.78 is 11.9. The Balaban J connectivity index is 1.23. The van der Waals surface area contributed by atoms with Crippen LogP contribution < -0.4 is 4.74 Å². The first-order valence-electron chi connectivity index (χ1n) is 15.8. The zero-order valence-corrected chi connectivity index (χ0v) is 26.1. The number of aryl methyl sites for hydroxylation is 2. The quantitative estimate of drug-likeness (QED) is 0.220. The van der Waals surface area contributed by atoms with Gasteiger partial charge in [-0.25, -0.2) is 14.6 Å². The summed E-state index contributed by atoms with van der Waals surface area (Å²) in [4.78, 5) is 26.1. The maximum absolute atomic E-state index is 13.8. The maximum Gasteiger partial charge on any atom is 0.254 e. The van der Waals surface area contributed by atoms with Gasteiger partial charge in [-0.1, -0.05) is 19.6 Å². The summed E-state index contributed by atoms with van der Waals surface area (Å²) in [6, 6.07) is 10.4. The van der Waals surface area contributed by atoms with E-state index in [1.54, 1.807) is 17.9 Å². The molecule has 5 heterocycles. The van der Waals surface area contributed by atoms with Gasteiger partial charge >= 0.3 is 0 Å². The predicted octanol–water partition coefficient (Wildman–Crippen LogP) is 5.36. The average Bonchev–Trinajstić information content (AvgIpc) is 3.26. The minimum Gasteiger partial charge on any atom is -0.494 e. The molecule has 4 aromatic heterocycles. The molecule has 45 heavy (non-hydrogen) atoms. The number of carbonyl (C=O) groups excluding carboxylic acids is 1. The van der Waals surface area contributed by atoms with E-state index in [1.807, 2.05) is 38.4 Å². The fraction of sp³-hybridized carbons (Fsp3) is 0.412. The molecule has 5 aromatic rings. The van der Waals surface area contributed by atoms with Crippen molar-refractivity contribution in [2.45, 2.75) is 52.1 Å². The van der Waals surface area contributed by atoms with E-state index in [4.69, 9.17) is 14.7 Å². The van der Waals surface area contributed by atoms with Crippen molar-refractivity contribution in [3.8, 4) is 17.3 Å². The summed E-state index contributed by atoms with van der Waals surface area (Å²) in [6.45, 7) is 9.85. The first-order chi connectivity index (χ1) is 21.8. The molecule has 2 bridgehead atoms. The molecule has 230 valence electrons. The van der Waals surface area contributed by atoms with Crippen molar-refractivity contribution >= 4 is 39.7 Å². The van der Waals surface area contributed by atoms with Gasteiger partial charge in [0.1, 0.15) is 16.9 Å². The van der Waals surface area contributed by atoms with Gasteiger partial charge in [-0.05, 0) is 91.1 Å². The number of carbonyl (C=O) groups is 1. The highest BCUT2D eigenvalue weighted by Gasteiger charge is 2.46. The number of methoxy groups -OCH3 is 1. The van der Waals surface area contributed by atoms with Crippen molar-refractivity contribution < 1.29 is 9.53 Å². The number of imidazole rings is 1. The first kappa shape index (κ1) is 27.7.